The van der Waals surface area contributed by atoms with E-state index in [2.05, 4.69) is 11.4 Å². The van der Waals surface area contributed by atoms with Crippen LogP contribution in [-0.4, -0.2) is 36.8 Å². The molecule has 0 spiro atoms. The van der Waals surface area contributed by atoms with Gasteiger partial charge >= 0.3 is 6.09 Å². The minimum Gasteiger partial charge on any atom is -0.494 e. The molecule has 6 heteroatoms. The maximum Gasteiger partial charge on any atom is 0.413 e. The fourth-order valence-electron chi connectivity index (χ4n) is 2.51. The van der Waals surface area contributed by atoms with Gasteiger partial charge < -0.3 is 20.9 Å². The molecule has 1 atom stereocenters. The molecule has 0 aliphatic heterocycles. The van der Waals surface area contributed by atoms with Crippen molar-refractivity contribution in [3.63, 3.8) is 0 Å². The summed E-state index contributed by atoms with van der Waals surface area (Å²) in [4.78, 5) is 13.3. The van der Waals surface area contributed by atoms with Gasteiger partial charge in [-0.3, -0.25) is 4.90 Å². The molecular weight excluding hydrogens is 270 g/mol. The Hall–Kier alpha value is -1.85. The van der Waals surface area contributed by atoms with E-state index in [4.69, 9.17) is 10.5 Å². The van der Waals surface area contributed by atoms with E-state index in [9.17, 15) is 9.90 Å². The molecule has 0 aromatic carbocycles. The normalized spacial score (nSPS) is 19.7. The second kappa shape index (κ2) is 7.81. The number of ether oxygens (including phenoxy) is 1. The summed E-state index contributed by atoms with van der Waals surface area (Å²) in [5.41, 5.74) is 7.04. The average molecular weight is 297 g/mol. The summed E-state index contributed by atoms with van der Waals surface area (Å²) in [6, 6.07) is 0. The van der Waals surface area contributed by atoms with Crippen molar-refractivity contribution in [2.24, 2.45) is 17.6 Å². The minimum atomic E-state index is -0.487. The molecule has 1 aliphatic carbocycles. The summed E-state index contributed by atoms with van der Waals surface area (Å²) >= 11 is 0. The Labute approximate surface area is 126 Å². The van der Waals surface area contributed by atoms with Crippen LogP contribution in [0.5, 0.6) is 0 Å². The second-order valence-electron chi connectivity index (χ2n) is 5.68. The number of carbonyl (C=O) groups excluding carboxylic acids is 1. The molecule has 1 rings (SSSR count). The number of hydrogen-bond donors (Lipinski definition) is 3. The third kappa shape index (κ3) is 4.88. The van der Waals surface area contributed by atoms with Crippen LogP contribution in [0.1, 0.15) is 33.1 Å². The molecule has 1 aliphatic rings. The van der Waals surface area contributed by atoms with Crippen LogP contribution in [-0.2, 0) is 4.74 Å². The number of carbonyl (C=O) groups is 1. The highest BCUT2D eigenvalue weighted by atomic mass is 16.6. The van der Waals surface area contributed by atoms with Gasteiger partial charge in [0.2, 0.25) is 5.88 Å². The third-order valence-electron chi connectivity index (χ3n) is 3.73. The largest absolute Gasteiger partial charge is 0.494 e. The molecule has 21 heavy (non-hydrogen) atoms. The van der Waals surface area contributed by atoms with E-state index < -0.39 is 6.09 Å². The van der Waals surface area contributed by atoms with Crippen molar-refractivity contribution in [3.05, 3.63) is 23.4 Å². The first-order chi connectivity index (χ1) is 9.86. The number of rotatable bonds is 5. The van der Waals surface area contributed by atoms with E-state index in [1.54, 1.807) is 7.05 Å². The predicted molar refractivity (Wildman–Crippen MR) is 82.3 cm³/mol. The first kappa shape index (κ1) is 17.2. The summed E-state index contributed by atoms with van der Waals surface area (Å²) in [7, 11) is 3.47. The fourth-order valence-corrected chi connectivity index (χ4v) is 2.51. The van der Waals surface area contributed by atoms with Gasteiger partial charge in [0.25, 0.3) is 0 Å². The summed E-state index contributed by atoms with van der Waals surface area (Å²) in [6.45, 7) is 4.09. The Morgan fingerprint density at radius 3 is 2.71 bits per heavy atom. The van der Waals surface area contributed by atoms with Crippen LogP contribution in [0.3, 0.4) is 0 Å². The number of nitrogens with one attached hydrogen (secondary N) is 1. The SMILES string of the molecule is CNC1=CCC(COC(=O)N(C)/C(=C(/N)O)C(C)C)CC1. The van der Waals surface area contributed by atoms with Gasteiger partial charge in [0.1, 0.15) is 0 Å². The van der Waals surface area contributed by atoms with Gasteiger partial charge in [-0.2, -0.15) is 0 Å². The van der Waals surface area contributed by atoms with Gasteiger partial charge in [-0.05, 0) is 31.1 Å². The van der Waals surface area contributed by atoms with Crippen LogP contribution >= 0.6 is 0 Å². The van der Waals surface area contributed by atoms with E-state index in [1.807, 2.05) is 20.9 Å². The molecule has 0 fully saturated rings. The van der Waals surface area contributed by atoms with Crippen LogP contribution in [0.15, 0.2) is 23.4 Å². The van der Waals surface area contributed by atoms with Gasteiger partial charge in [-0.25, -0.2) is 4.79 Å². The highest BCUT2D eigenvalue weighted by Gasteiger charge is 2.22. The third-order valence-corrected chi connectivity index (χ3v) is 3.73. The van der Waals surface area contributed by atoms with Gasteiger partial charge in [-0.15, -0.1) is 0 Å². The summed E-state index contributed by atoms with van der Waals surface area (Å²) in [6.07, 6.45) is 4.55. The second-order valence-corrected chi connectivity index (χ2v) is 5.68. The number of aliphatic hydroxyl groups excluding tert-OH is 1. The number of amides is 1. The zero-order valence-electron chi connectivity index (χ0n) is 13.3. The molecule has 1 amide bonds. The average Bonchev–Trinajstić information content (AvgIpc) is 2.44. The van der Waals surface area contributed by atoms with Crippen molar-refractivity contribution in [1.29, 1.82) is 0 Å². The maximum atomic E-state index is 12.0. The van der Waals surface area contributed by atoms with Crippen molar-refractivity contribution in [3.8, 4) is 0 Å². The molecule has 120 valence electrons. The molecule has 4 N–H and O–H groups in total. The molecule has 0 saturated heterocycles. The molecule has 0 aromatic rings. The van der Waals surface area contributed by atoms with Crippen LogP contribution < -0.4 is 11.1 Å². The van der Waals surface area contributed by atoms with Gasteiger partial charge in [0, 0.05) is 19.8 Å². The lowest BCUT2D eigenvalue weighted by Gasteiger charge is -2.25. The Morgan fingerprint density at radius 1 is 1.62 bits per heavy atom. The lowest BCUT2D eigenvalue weighted by molar-refractivity contribution is 0.0967. The molecule has 0 heterocycles. The van der Waals surface area contributed by atoms with Gasteiger partial charge in [-0.1, -0.05) is 19.9 Å². The van der Waals surface area contributed by atoms with E-state index in [-0.39, 0.29) is 11.8 Å². The predicted octanol–water partition coefficient (Wildman–Crippen LogP) is 2.30. The Morgan fingerprint density at radius 2 is 2.29 bits per heavy atom. The lowest BCUT2D eigenvalue weighted by atomic mass is 9.93. The van der Waals surface area contributed by atoms with Crippen LogP contribution in [0.25, 0.3) is 0 Å². The zero-order valence-corrected chi connectivity index (χ0v) is 13.3. The molecule has 0 bridgehead atoms. The quantitative estimate of drug-likeness (QED) is 0.678. The lowest BCUT2D eigenvalue weighted by Crippen LogP contribution is -2.33. The molecule has 0 radical (unpaired) electrons. The molecule has 1 unspecified atom stereocenters. The Balaban J connectivity index is 2.51. The van der Waals surface area contributed by atoms with E-state index in [1.165, 1.54) is 10.6 Å². The Bertz CT molecular complexity index is 426. The highest BCUT2D eigenvalue weighted by Crippen LogP contribution is 2.23. The van der Waals surface area contributed by atoms with Crippen LogP contribution in [0.4, 0.5) is 4.79 Å². The first-order valence-corrected chi connectivity index (χ1v) is 7.32. The Kier molecular flexibility index (Phi) is 6.39. The number of nitrogens with two attached hydrogens (primary N) is 1. The van der Waals surface area contributed by atoms with E-state index >= 15 is 0 Å². The summed E-state index contributed by atoms with van der Waals surface area (Å²) in [5, 5.41) is 12.6. The fraction of sp³-hybridized carbons (Fsp3) is 0.667. The minimum absolute atomic E-state index is 0.0663. The van der Waals surface area contributed by atoms with Crippen molar-refractivity contribution < 1.29 is 14.6 Å². The summed E-state index contributed by atoms with van der Waals surface area (Å²) < 4.78 is 5.33. The topological polar surface area (TPSA) is 87.8 Å². The molecule has 6 nitrogen and oxygen atoms in total. The zero-order chi connectivity index (χ0) is 16.0. The standard InChI is InChI=1S/C15H27N3O3/c1-10(2)13(14(16)19)18(4)15(20)21-9-11-5-7-12(17-3)8-6-11/h7,10-11,17,19H,5-6,8-9,16H2,1-4H3/b14-13-. The molecule has 0 saturated carbocycles. The number of hydrogen-bond acceptors (Lipinski definition) is 5. The van der Waals surface area contributed by atoms with Crippen LogP contribution in [0, 0.1) is 11.8 Å². The maximum absolute atomic E-state index is 12.0. The molecular formula is C15H27N3O3. The number of nitrogens with zero attached hydrogens (tertiary/aromatic N) is 1. The number of aliphatic hydroxyl groups is 1. The molecule has 0 aromatic heterocycles. The first-order valence-electron chi connectivity index (χ1n) is 7.32. The van der Waals surface area contributed by atoms with Crippen molar-refractivity contribution in [2.75, 3.05) is 20.7 Å². The van der Waals surface area contributed by atoms with Crippen molar-refractivity contribution in [1.82, 2.24) is 10.2 Å². The van der Waals surface area contributed by atoms with Crippen LogP contribution in [0.2, 0.25) is 0 Å². The monoisotopic (exact) mass is 297 g/mol. The smallest absolute Gasteiger partial charge is 0.413 e. The summed E-state index contributed by atoms with van der Waals surface area (Å²) in [5.74, 6) is -0.0653. The number of allylic oxidation sites excluding steroid dienone is 3. The van der Waals surface area contributed by atoms with E-state index in [0.29, 0.717) is 18.2 Å². The van der Waals surface area contributed by atoms with Gasteiger partial charge in [0.15, 0.2) is 0 Å². The van der Waals surface area contributed by atoms with Gasteiger partial charge in [0.05, 0.1) is 12.3 Å². The van der Waals surface area contributed by atoms with Crippen molar-refractivity contribution >= 4 is 6.09 Å². The van der Waals surface area contributed by atoms with E-state index in [0.717, 1.165) is 19.3 Å². The highest BCUT2D eigenvalue weighted by molar-refractivity contribution is 5.69. The van der Waals surface area contributed by atoms with Crippen molar-refractivity contribution in [2.45, 2.75) is 33.1 Å².